The number of hydrogen-bond donors (Lipinski definition) is 3. The van der Waals surface area contributed by atoms with Crippen molar-refractivity contribution in [3.8, 4) is 0 Å². The summed E-state index contributed by atoms with van der Waals surface area (Å²) in [5, 5.41) is 5.99. The molecule has 25 heavy (non-hydrogen) atoms. The van der Waals surface area contributed by atoms with Crippen molar-refractivity contribution < 1.29 is 4.79 Å². The van der Waals surface area contributed by atoms with Gasteiger partial charge in [0.05, 0.1) is 0 Å². The fraction of sp³-hybridized carbons (Fsp3) is 0.556. The van der Waals surface area contributed by atoms with Gasteiger partial charge in [-0.15, -0.1) is 24.0 Å². The number of rotatable bonds is 8. The summed E-state index contributed by atoms with van der Waals surface area (Å²) < 4.78 is 0. The minimum absolute atomic E-state index is 0. The van der Waals surface area contributed by atoms with Crippen LogP contribution in [0.15, 0.2) is 35.3 Å². The third kappa shape index (κ3) is 8.04. The maximum Gasteiger partial charge on any atom is 0.241 e. The van der Waals surface area contributed by atoms with Crippen molar-refractivity contribution in [3.63, 3.8) is 0 Å². The van der Waals surface area contributed by atoms with Crippen molar-refractivity contribution in [1.82, 2.24) is 15.5 Å². The molecule has 7 heteroatoms. The van der Waals surface area contributed by atoms with Gasteiger partial charge in [0.15, 0.2) is 5.96 Å². The van der Waals surface area contributed by atoms with Gasteiger partial charge in [-0.25, -0.2) is 4.99 Å². The maximum absolute atomic E-state index is 11.8. The smallest absolute Gasteiger partial charge is 0.241 e. The molecule has 1 atom stereocenters. The summed E-state index contributed by atoms with van der Waals surface area (Å²) in [4.78, 5) is 18.3. The number of likely N-dealkylation sites (N-methyl/N-ethyl adjacent to an activating group) is 1. The third-order valence-corrected chi connectivity index (χ3v) is 4.40. The first-order chi connectivity index (χ1) is 11.7. The van der Waals surface area contributed by atoms with Crippen LogP contribution >= 0.6 is 24.0 Å². The zero-order valence-electron chi connectivity index (χ0n) is 14.9. The number of nitrogens with zero attached hydrogens (tertiary/aromatic N) is 2. The molecule has 0 bridgehead atoms. The molecule has 0 saturated carbocycles. The Labute approximate surface area is 167 Å². The summed E-state index contributed by atoms with van der Waals surface area (Å²) in [6.45, 7) is 5.86. The number of benzene rings is 1. The number of nitrogens with one attached hydrogen (secondary N) is 2. The molecule has 1 aliphatic heterocycles. The third-order valence-electron chi connectivity index (χ3n) is 4.40. The number of likely N-dealkylation sites (tertiary alicyclic amines) is 1. The van der Waals surface area contributed by atoms with Crippen molar-refractivity contribution >= 4 is 35.8 Å². The lowest BCUT2D eigenvalue weighted by molar-refractivity contribution is -0.119. The van der Waals surface area contributed by atoms with Gasteiger partial charge in [-0.1, -0.05) is 37.3 Å². The van der Waals surface area contributed by atoms with Crippen LogP contribution in [0.4, 0.5) is 0 Å². The van der Waals surface area contributed by atoms with Crippen LogP contribution in [0.25, 0.3) is 0 Å². The Bertz CT molecular complexity index is 538. The van der Waals surface area contributed by atoms with Gasteiger partial charge in [-0.3, -0.25) is 9.69 Å². The number of carbonyl (C=O) groups is 1. The first kappa shape index (κ1) is 21.7. The second-order valence-electron chi connectivity index (χ2n) is 6.09. The lowest BCUT2D eigenvalue weighted by Gasteiger charge is -2.23. The second-order valence-corrected chi connectivity index (χ2v) is 6.09. The quantitative estimate of drug-likeness (QED) is 0.312. The van der Waals surface area contributed by atoms with Gasteiger partial charge in [-0.05, 0) is 37.9 Å². The van der Waals surface area contributed by atoms with E-state index in [2.05, 4.69) is 39.6 Å². The lowest BCUT2D eigenvalue weighted by Crippen LogP contribution is -2.43. The van der Waals surface area contributed by atoms with Crippen LogP contribution in [0.2, 0.25) is 0 Å². The highest BCUT2D eigenvalue weighted by atomic mass is 127. The van der Waals surface area contributed by atoms with E-state index in [1.165, 1.54) is 18.4 Å². The van der Waals surface area contributed by atoms with Crippen molar-refractivity contribution in [2.45, 2.75) is 32.2 Å². The van der Waals surface area contributed by atoms with Crippen LogP contribution in [0.1, 0.15) is 25.3 Å². The first-order valence-corrected chi connectivity index (χ1v) is 8.77. The molecular weight excluding hydrogens is 429 g/mol. The topological polar surface area (TPSA) is 82.8 Å². The molecule has 1 aromatic rings. The number of halogens is 1. The Hall–Kier alpha value is -1.35. The van der Waals surface area contributed by atoms with Crippen LogP contribution in [-0.2, 0) is 11.2 Å². The average molecular weight is 459 g/mol. The molecule has 1 aliphatic rings. The number of nitrogens with two attached hydrogens (primary N) is 1. The summed E-state index contributed by atoms with van der Waals surface area (Å²) in [5.41, 5.74) is 7.05. The van der Waals surface area contributed by atoms with E-state index in [0.717, 1.165) is 26.1 Å². The fourth-order valence-corrected chi connectivity index (χ4v) is 3.02. The molecule has 1 unspecified atom stereocenters. The highest BCUT2D eigenvalue weighted by molar-refractivity contribution is 14.0. The molecule has 1 saturated heterocycles. The molecule has 1 aromatic carbocycles. The second kappa shape index (κ2) is 12.1. The predicted molar refractivity (Wildman–Crippen MR) is 113 cm³/mol. The molecule has 1 fully saturated rings. The Balaban J connectivity index is 0.00000312. The normalized spacial score (nSPS) is 17.8. The van der Waals surface area contributed by atoms with Gasteiger partial charge in [0.2, 0.25) is 5.91 Å². The molecule has 1 amide bonds. The number of carbonyl (C=O) groups excluding carboxylic acids is 1. The molecule has 2 rings (SSSR count). The molecule has 4 N–H and O–H groups in total. The molecule has 0 spiro atoms. The fourth-order valence-electron chi connectivity index (χ4n) is 3.02. The number of guanidine groups is 1. The Morgan fingerprint density at radius 2 is 2.08 bits per heavy atom. The zero-order valence-corrected chi connectivity index (χ0v) is 17.2. The number of hydrogen-bond acceptors (Lipinski definition) is 3. The molecule has 0 aliphatic carbocycles. The van der Waals surface area contributed by atoms with E-state index in [9.17, 15) is 4.79 Å². The van der Waals surface area contributed by atoms with Gasteiger partial charge in [0, 0.05) is 19.1 Å². The van der Waals surface area contributed by atoms with E-state index in [0.29, 0.717) is 18.5 Å². The van der Waals surface area contributed by atoms with E-state index in [4.69, 9.17) is 5.73 Å². The highest BCUT2D eigenvalue weighted by Crippen LogP contribution is 2.15. The van der Waals surface area contributed by atoms with E-state index in [-0.39, 0.29) is 36.4 Å². The first-order valence-electron chi connectivity index (χ1n) is 8.77. The zero-order chi connectivity index (χ0) is 17.2. The number of amides is 1. The molecule has 1 heterocycles. The van der Waals surface area contributed by atoms with Gasteiger partial charge in [0.1, 0.15) is 6.54 Å². The lowest BCUT2D eigenvalue weighted by atomic mass is 10.1. The van der Waals surface area contributed by atoms with Gasteiger partial charge in [-0.2, -0.15) is 0 Å². The molecule has 0 radical (unpaired) electrons. The molecule has 140 valence electrons. The van der Waals surface area contributed by atoms with Crippen LogP contribution < -0.4 is 16.4 Å². The largest absolute Gasteiger partial charge is 0.370 e. The minimum atomic E-state index is -0.105. The predicted octanol–water partition coefficient (Wildman–Crippen LogP) is 1.35. The molecule has 0 aromatic heterocycles. The summed E-state index contributed by atoms with van der Waals surface area (Å²) >= 11 is 0. The van der Waals surface area contributed by atoms with Crippen LogP contribution in [0.3, 0.4) is 0 Å². The van der Waals surface area contributed by atoms with Crippen molar-refractivity contribution in [3.05, 3.63) is 35.9 Å². The van der Waals surface area contributed by atoms with Crippen LogP contribution in [0, 0.1) is 0 Å². The maximum atomic E-state index is 11.8. The van der Waals surface area contributed by atoms with Crippen molar-refractivity contribution in [1.29, 1.82) is 0 Å². The number of aliphatic imine (C=N–C) groups is 1. The van der Waals surface area contributed by atoms with Gasteiger partial charge < -0.3 is 16.4 Å². The van der Waals surface area contributed by atoms with Crippen LogP contribution in [-0.4, -0.2) is 55.5 Å². The molecule has 6 nitrogen and oxygen atoms in total. The highest BCUT2D eigenvalue weighted by Gasteiger charge is 2.22. The Morgan fingerprint density at radius 1 is 1.32 bits per heavy atom. The van der Waals surface area contributed by atoms with Crippen LogP contribution in [0.5, 0.6) is 0 Å². The van der Waals surface area contributed by atoms with E-state index in [1.54, 1.807) is 0 Å². The van der Waals surface area contributed by atoms with Crippen molar-refractivity contribution in [2.24, 2.45) is 10.7 Å². The Kier molecular flexibility index (Phi) is 10.5. The minimum Gasteiger partial charge on any atom is -0.370 e. The van der Waals surface area contributed by atoms with E-state index in [1.807, 2.05) is 18.2 Å². The van der Waals surface area contributed by atoms with Crippen molar-refractivity contribution in [2.75, 3.05) is 32.7 Å². The SMILES string of the molecule is CCN1CCCC1CNC(N)=NCC(=O)NCCc1ccccc1.I. The van der Waals surface area contributed by atoms with Gasteiger partial charge in [0.25, 0.3) is 0 Å². The van der Waals surface area contributed by atoms with Gasteiger partial charge >= 0.3 is 0 Å². The van der Waals surface area contributed by atoms with E-state index >= 15 is 0 Å². The monoisotopic (exact) mass is 459 g/mol. The van der Waals surface area contributed by atoms with E-state index < -0.39 is 0 Å². The average Bonchev–Trinajstić information content (AvgIpc) is 3.06. The Morgan fingerprint density at radius 3 is 2.80 bits per heavy atom. The summed E-state index contributed by atoms with van der Waals surface area (Å²) in [7, 11) is 0. The summed E-state index contributed by atoms with van der Waals surface area (Å²) in [6, 6.07) is 10.6. The summed E-state index contributed by atoms with van der Waals surface area (Å²) in [6.07, 6.45) is 3.24. The standard InChI is InChI=1S/C18H29N5O.HI/c1-2-23-12-6-9-16(23)13-21-18(19)22-14-17(24)20-11-10-15-7-4-3-5-8-15;/h3-5,7-8,16H,2,6,9-14H2,1H3,(H,20,24)(H3,19,21,22);1H. The summed E-state index contributed by atoms with van der Waals surface area (Å²) in [5.74, 6) is 0.239. The molecular formula is C18H30IN5O.